The van der Waals surface area contributed by atoms with Crippen molar-refractivity contribution in [2.24, 2.45) is 0 Å². The molecule has 1 amide bonds. The number of nitrogens with zero attached hydrogens (tertiary/aromatic N) is 1. The van der Waals surface area contributed by atoms with Crippen LogP contribution in [-0.4, -0.2) is 42.2 Å². The zero-order valence-corrected chi connectivity index (χ0v) is 10.0. The van der Waals surface area contributed by atoms with Gasteiger partial charge < -0.3 is 14.7 Å². The molecule has 2 rings (SSSR count). The Balaban J connectivity index is 2.17. The van der Waals surface area contributed by atoms with E-state index in [-0.39, 0.29) is 5.91 Å². The first-order valence-corrected chi connectivity index (χ1v) is 5.83. The van der Waals surface area contributed by atoms with E-state index >= 15 is 0 Å². The van der Waals surface area contributed by atoms with Gasteiger partial charge in [-0.2, -0.15) is 0 Å². The zero-order valence-electron chi connectivity index (χ0n) is 10.0. The Hall–Kier alpha value is -1.83. The summed E-state index contributed by atoms with van der Waals surface area (Å²) in [7, 11) is 0. The third-order valence-corrected chi connectivity index (χ3v) is 2.91. The van der Waals surface area contributed by atoms with Crippen molar-refractivity contribution in [2.45, 2.75) is 6.10 Å². The van der Waals surface area contributed by atoms with Crippen molar-refractivity contribution >= 4 is 5.91 Å². The topological polar surface area (TPSA) is 49.8 Å². The fourth-order valence-corrected chi connectivity index (χ4v) is 1.89. The van der Waals surface area contributed by atoms with Crippen molar-refractivity contribution in [3.63, 3.8) is 0 Å². The van der Waals surface area contributed by atoms with Gasteiger partial charge in [0.15, 0.2) is 0 Å². The number of terminal acetylenes is 1. The lowest BCUT2D eigenvalue weighted by molar-refractivity contribution is 0.0303. The predicted octanol–water partition coefficient (Wildman–Crippen LogP) is 0.826. The fourth-order valence-electron chi connectivity index (χ4n) is 1.89. The second-order valence-corrected chi connectivity index (χ2v) is 4.10. The molecule has 1 saturated heterocycles. The van der Waals surface area contributed by atoms with Gasteiger partial charge in [-0.15, -0.1) is 6.42 Å². The van der Waals surface area contributed by atoms with Gasteiger partial charge >= 0.3 is 0 Å². The minimum Gasteiger partial charge on any atom is -0.378 e. The standard InChI is InChI=1S/C14H15NO3/c1-2-13(16)11-4-3-5-12(10-11)14(17)15-6-8-18-9-7-15/h1,3-5,10,13,16H,6-9H2. The largest absolute Gasteiger partial charge is 0.378 e. The van der Waals surface area contributed by atoms with E-state index in [9.17, 15) is 9.90 Å². The Bertz CT molecular complexity index is 472. The van der Waals surface area contributed by atoms with Crippen LogP contribution in [0.15, 0.2) is 24.3 Å². The van der Waals surface area contributed by atoms with Crippen molar-refractivity contribution in [1.29, 1.82) is 0 Å². The molecule has 94 valence electrons. The van der Waals surface area contributed by atoms with Crippen molar-refractivity contribution in [3.05, 3.63) is 35.4 Å². The molecule has 18 heavy (non-hydrogen) atoms. The maximum Gasteiger partial charge on any atom is 0.254 e. The van der Waals surface area contributed by atoms with Gasteiger partial charge in [-0.3, -0.25) is 4.79 Å². The van der Waals surface area contributed by atoms with Crippen LogP contribution in [0.1, 0.15) is 22.0 Å². The number of carbonyl (C=O) groups is 1. The van der Waals surface area contributed by atoms with Crippen LogP contribution in [0, 0.1) is 12.3 Å². The number of rotatable bonds is 2. The SMILES string of the molecule is C#CC(O)c1cccc(C(=O)N2CCOCC2)c1. The quantitative estimate of drug-likeness (QED) is 0.785. The lowest BCUT2D eigenvalue weighted by Gasteiger charge is -2.27. The van der Waals surface area contributed by atoms with Crippen molar-refractivity contribution < 1.29 is 14.6 Å². The van der Waals surface area contributed by atoms with E-state index in [4.69, 9.17) is 11.2 Å². The molecule has 4 nitrogen and oxygen atoms in total. The maximum absolute atomic E-state index is 12.2. The molecular formula is C14H15NO3. The monoisotopic (exact) mass is 245 g/mol. The smallest absolute Gasteiger partial charge is 0.254 e. The highest BCUT2D eigenvalue weighted by molar-refractivity contribution is 5.94. The number of aliphatic hydroxyl groups excluding tert-OH is 1. The molecule has 1 heterocycles. The molecule has 1 N–H and O–H groups in total. The van der Waals surface area contributed by atoms with Gasteiger partial charge in [0.1, 0.15) is 6.10 Å². The predicted molar refractivity (Wildman–Crippen MR) is 67.0 cm³/mol. The fraction of sp³-hybridized carbons (Fsp3) is 0.357. The molecule has 1 atom stereocenters. The Kier molecular flexibility index (Phi) is 3.98. The van der Waals surface area contributed by atoms with E-state index in [1.807, 2.05) is 0 Å². The highest BCUT2D eigenvalue weighted by Gasteiger charge is 2.19. The minimum atomic E-state index is -0.970. The molecular weight excluding hydrogens is 230 g/mol. The molecule has 0 aliphatic carbocycles. The summed E-state index contributed by atoms with van der Waals surface area (Å²) in [5, 5.41) is 9.56. The molecule has 1 aromatic rings. The average Bonchev–Trinajstić information content (AvgIpc) is 2.46. The Morgan fingerprint density at radius 2 is 2.17 bits per heavy atom. The van der Waals surface area contributed by atoms with Gasteiger partial charge in [0.25, 0.3) is 5.91 Å². The summed E-state index contributed by atoms with van der Waals surface area (Å²) in [4.78, 5) is 13.9. The summed E-state index contributed by atoms with van der Waals surface area (Å²) in [6.45, 7) is 2.33. The zero-order chi connectivity index (χ0) is 13.0. The normalized spacial score (nSPS) is 17.0. The number of carbonyl (C=O) groups excluding carboxylic acids is 1. The summed E-state index contributed by atoms with van der Waals surface area (Å²) in [6.07, 6.45) is 4.19. The van der Waals surface area contributed by atoms with Crippen molar-refractivity contribution in [2.75, 3.05) is 26.3 Å². The average molecular weight is 245 g/mol. The molecule has 1 aromatic carbocycles. The minimum absolute atomic E-state index is 0.0515. The van der Waals surface area contributed by atoms with Gasteiger partial charge in [0, 0.05) is 18.7 Å². The second-order valence-electron chi connectivity index (χ2n) is 4.10. The molecule has 1 fully saturated rings. The van der Waals surface area contributed by atoms with E-state index in [1.54, 1.807) is 29.2 Å². The number of hydrogen-bond acceptors (Lipinski definition) is 3. The highest BCUT2D eigenvalue weighted by atomic mass is 16.5. The summed E-state index contributed by atoms with van der Waals surface area (Å²) in [5.74, 6) is 2.19. The van der Waals surface area contributed by atoms with Crippen LogP contribution in [0.2, 0.25) is 0 Å². The second kappa shape index (κ2) is 5.67. The summed E-state index contributed by atoms with van der Waals surface area (Å²) in [6, 6.07) is 6.80. The van der Waals surface area contributed by atoms with Crippen LogP contribution in [0.25, 0.3) is 0 Å². The molecule has 1 unspecified atom stereocenters. The third-order valence-electron chi connectivity index (χ3n) is 2.91. The summed E-state index contributed by atoms with van der Waals surface area (Å²) >= 11 is 0. The third kappa shape index (κ3) is 2.70. The van der Waals surface area contributed by atoms with Gasteiger partial charge in [-0.25, -0.2) is 0 Å². The molecule has 0 radical (unpaired) electrons. The summed E-state index contributed by atoms with van der Waals surface area (Å²) in [5.41, 5.74) is 1.11. The number of aliphatic hydroxyl groups is 1. The molecule has 0 spiro atoms. The molecule has 0 aromatic heterocycles. The van der Waals surface area contributed by atoms with Gasteiger partial charge in [-0.1, -0.05) is 18.1 Å². The van der Waals surface area contributed by atoms with E-state index in [0.717, 1.165) is 0 Å². The van der Waals surface area contributed by atoms with Crippen LogP contribution in [0.3, 0.4) is 0 Å². The first-order valence-electron chi connectivity index (χ1n) is 5.83. The molecule has 0 bridgehead atoms. The van der Waals surface area contributed by atoms with Crippen LogP contribution in [0.5, 0.6) is 0 Å². The summed E-state index contributed by atoms with van der Waals surface area (Å²) < 4.78 is 5.20. The first-order chi connectivity index (χ1) is 8.72. The van der Waals surface area contributed by atoms with Crippen LogP contribution in [0.4, 0.5) is 0 Å². The number of benzene rings is 1. The molecule has 1 aliphatic rings. The number of ether oxygens (including phenoxy) is 1. The van der Waals surface area contributed by atoms with Gasteiger partial charge in [0.2, 0.25) is 0 Å². The van der Waals surface area contributed by atoms with Crippen LogP contribution >= 0.6 is 0 Å². The number of amides is 1. The van der Waals surface area contributed by atoms with Crippen molar-refractivity contribution in [1.82, 2.24) is 4.90 Å². The van der Waals surface area contributed by atoms with Crippen molar-refractivity contribution in [3.8, 4) is 12.3 Å². The number of morpholine rings is 1. The first kappa shape index (κ1) is 12.6. The Labute approximate surface area is 106 Å². The Morgan fingerprint density at radius 3 is 2.83 bits per heavy atom. The molecule has 1 aliphatic heterocycles. The molecule has 0 saturated carbocycles. The van der Waals surface area contributed by atoms with Crippen LogP contribution < -0.4 is 0 Å². The van der Waals surface area contributed by atoms with E-state index in [2.05, 4.69) is 5.92 Å². The highest BCUT2D eigenvalue weighted by Crippen LogP contribution is 2.15. The van der Waals surface area contributed by atoms with Crippen LogP contribution in [-0.2, 0) is 4.74 Å². The lowest BCUT2D eigenvalue weighted by Crippen LogP contribution is -2.40. The van der Waals surface area contributed by atoms with E-state index < -0.39 is 6.10 Å². The number of hydrogen-bond donors (Lipinski definition) is 1. The molecule has 4 heteroatoms. The Morgan fingerprint density at radius 1 is 1.44 bits per heavy atom. The van der Waals surface area contributed by atoms with E-state index in [0.29, 0.717) is 37.4 Å². The lowest BCUT2D eigenvalue weighted by atomic mass is 10.1. The van der Waals surface area contributed by atoms with E-state index in [1.165, 1.54) is 0 Å². The maximum atomic E-state index is 12.2. The van der Waals surface area contributed by atoms with Gasteiger partial charge in [-0.05, 0) is 17.7 Å². The van der Waals surface area contributed by atoms with Gasteiger partial charge in [0.05, 0.1) is 13.2 Å².